The molecular weight excluding hydrogens is 282 g/mol. The van der Waals surface area contributed by atoms with Crippen LogP contribution in [0.3, 0.4) is 0 Å². The van der Waals surface area contributed by atoms with Crippen LogP contribution in [-0.4, -0.2) is 41.0 Å². The van der Waals surface area contributed by atoms with Gasteiger partial charge in [0.05, 0.1) is 17.5 Å². The molecule has 1 fully saturated rings. The monoisotopic (exact) mass is 309 g/mol. The third-order valence-corrected chi connectivity index (χ3v) is 4.45. The summed E-state index contributed by atoms with van der Waals surface area (Å²) in [6.45, 7) is 2.27. The predicted molar refractivity (Wildman–Crippen MR) is 84.0 cm³/mol. The van der Waals surface area contributed by atoms with E-state index in [0.29, 0.717) is 26.0 Å². The second kappa shape index (κ2) is 7.79. The van der Waals surface area contributed by atoms with Gasteiger partial charge in [-0.25, -0.2) is 0 Å². The van der Waals surface area contributed by atoms with Crippen molar-refractivity contribution in [2.45, 2.75) is 57.2 Å². The Hall–Kier alpha value is -1.33. The summed E-state index contributed by atoms with van der Waals surface area (Å²) in [5.41, 5.74) is -0.679. The molecule has 1 saturated carbocycles. The molecule has 0 radical (unpaired) electrons. The molecule has 2 aliphatic carbocycles. The Morgan fingerprint density at radius 2 is 2.23 bits per heavy atom. The first-order valence-corrected chi connectivity index (χ1v) is 8.14. The summed E-state index contributed by atoms with van der Waals surface area (Å²) in [5.74, 6) is 0.721. The van der Waals surface area contributed by atoms with Gasteiger partial charge < -0.3 is 20.3 Å². The van der Waals surface area contributed by atoms with Crippen molar-refractivity contribution in [1.82, 2.24) is 5.32 Å². The van der Waals surface area contributed by atoms with E-state index in [0.717, 1.165) is 31.4 Å². The van der Waals surface area contributed by atoms with Crippen molar-refractivity contribution in [2.75, 3.05) is 13.2 Å². The molecule has 5 heteroatoms. The molecule has 0 bridgehead atoms. The van der Waals surface area contributed by atoms with Crippen LogP contribution in [0.25, 0.3) is 0 Å². The second-order valence-electron chi connectivity index (χ2n) is 6.44. The van der Waals surface area contributed by atoms with Gasteiger partial charge >= 0.3 is 0 Å². The fourth-order valence-electron chi connectivity index (χ4n) is 3.06. The zero-order valence-electron chi connectivity index (χ0n) is 13.3. The third-order valence-electron chi connectivity index (χ3n) is 4.45. The summed E-state index contributed by atoms with van der Waals surface area (Å²) >= 11 is 0. The molecule has 2 atom stereocenters. The lowest BCUT2D eigenvalue weighted by atomic mass is 9.91. The van der Waals surface area contributed by atoms with E-state index in [-0.39, 0.29) is 11.8 Å². The summed E-state index contributed by atoms with van der Waals surface area (Å²) in [4.78, 5) is 10.8. The highest BCUT2D eigenvalue weighted by Crippen LogP contribution is 2.31. The Morgan fingerprint density at radius 3 is 2.91 bits per heavy atom. The van der Waals surface area contributed by atoms with E-state index in [4.69, 9.17) is 4.74 Å². The van der Waals surface area contributed by atoms with Crippen LogP contribution in [0.5, 0.6) is 0 Å². The van der Waals surface area contributed by atoms with Crippen molar-refractivity contribution in [3.8, 4) is 0 Å². The number of nitrogens with one attached hydrogen (secondary N) is 1. The minimum absolute atomic E-state index is 0.00743. The molecule has 0 aromatic carbocycles. The summed E-state index contributed by atoms with van der Waals surface area (Å²) in [6, 6.07) is 0. The fourth-order valence-corrected chi connectivity index (χ4v) is 3.06. The van der Waals surface area contributed by atoms with Crippen LogP contribution in [0.2, 0.25) is 0 Å². The average molecular weight is 309 g/mol. The first-order chi connectivity index (χ1) is 10.5. The standard InChI is InChI=1S/C17H27NO4/c1-13(19)18-10-7-16(20)14-5-4-6-15(11-14)22-12-17(21)8-2-3-9-17/h4-6,14,16,20-21H,2-3,7-12H2,1H3,(H,18,19). The largest absolute Gasteiger partial charge is 0.495 e. The van der Waals surface area contributed by atoms with E-state index < -0.39 is 11.7 Å². The molecule has 5 nitrogen and oxygen atoms in total. The minimum atomic E-state index is -0.679. The number of carbonyl (C=O) groups is 1. The second-order valence-corrected chi connectivity index (χ2v) is 6.44. The SMILES string of the molecule is CC(=O)NCCC(O)C1C=CC=C(OCC2(O)CCCC2)C1. The molecule has 1 amide bonds. The molecule has 2 rings (SSSR count). The molecule has 3 N–H and O–H groups in total. The van der Waals surface area contributed by atoms with Crippen LogP contribution in [0.15, 0.2) is 24.0 Å². The van der Waals surface area contributed by atoms with Crippen molar-refractivity contribution in [3.05, 3.63) is 24.0 Å². The van der Waals surface area contributed by atoms with Crippen molar-refractivity contribution in [3.63, 3.8) is 0 Å². The topological polar surface area (TPSA) is 78.8 Å². The van der Waals surface area contributed by atoms with Gasteiger partial charge in [-0.15, -0.1) is 0 Å². The first kappa shape index (κ1) is 17.0. The van der Waals surface area contributed by atoms with Crippen molar-refractivity contribution in [1.29, 1.82) is 0 Å². The van der Waals surface area contributed by atoms with E-state index in [9.17, 15) is 15.0 Å². The quantitative estimate of drug-likeness (QED) is 0.668. The van der Waals surface area contributed by atoms with Crippen LogP contribution in [0.4, 0.5) is 0 Å². The lowest BCUT2D eigenvalue weighted by Crippen LogP contribution is -2.32. The molecule has 0 aromatic heterocycles. The highest BCUT2D eigenvalue weighted by atomic mass is 16.5. The molecule has 0 heterocycles. The number of ether oxygens (including phenoxy) is 1. The Bertz CT molecular complexity index is 438. The summed E-state index contributed by atoms with van der Waals surface area (Å²) in [6.07, 6.45) is 10.1. The molecule has 2 unspecified atom stereocenters. The van der Waals surface area contributed by atoms with Gasteiger partial charge in [0.1, 0.15) is 6.61 Å². The van der Waals surface area contributed by atoms with Crippen LogP contribution < -0.4 is 5.32 Å². The lowest BCUT2D eigenvalue weighted by molar-refractivity contribution is -0.119. The molecule has 0 aliphatic heterocycles. The third kappa shape index (κ3) is 5.14. The van der Waals surface area contributed by atoms with Crippen LogP contribution in [0.1, 0.15) is 45.4 Å². The smallest absolute Gasteiger partial charge is 0.216 e. The Balaban J connectivity index is 1.75. The zero-order valence-corrected chi connectivity index (χ0v) is 13.3. The van der Waals surface area contributed by atoms with Gasteiger partial charge in [0.15, 0.2) is 0 Å². The molecule has 0 spiro atoms. The summed E-state index contributed by atoms with van der Waals surface area (Å²) < 4.78 is 5.77. The summed E-state index contributed by atoms with van der Waals surface area (Å²) in [5, 5.41) is 23.2. The number of amides is 1. The lowest BCUT2D eigenvalue weighted by Gasteiger charge is -2.27. The van der Waals surface area contributed by atoms with Crippen LogP contribution in [-0.2, 0) is 9.53 Å². The maximum absolute atomic E-state index is 10.8. The van der Waals surface area contributed by atoms with E-state index in [1.165, 1.54) is 6.92 Å². The zero-order chi connectivity index (χ0) is 16.0. The molecule has 22 heavy (non-hydrogen) atoms. The molecule has 124 valence electrons. The van der Waals surface area contributed by atoms with Gasteiger partial charge in [0.2, 0.25) is 5.91 Å². The maximum Gasteiger partial charge on any atom is 0.216 e. The van der Waals surface area contributed by atoms with E-state index in [1.807, 2.05) is 18.2 Å². The number of hydrogen-bond donors (Lipinski definition) is 3. The van der Waals surface area contributed by atoms with E-state index in [2.05, 4.69) is 5.32 Å². The molecule has 2 aliphatic rings. The predicted octanol–water partition coefficient (Wildman–Crippen LogP) is 1.66. The van der Waals surface area contributed by atoms with Gasteiger partial charge in [0, 0.05) is 25.8 Å². The fraction of sp³-hybridized carbons (Fsp3) is 0.706. The summed E-state index contributed by atoms with van der Waals surface area (Å²) in [7, 11) is 0. The minimum Gasteiger partial charge on any atom is -0.495 e. The van der Waals surface area contributed by atoms with Gasteiger partial charge in [-0.3, -0.25) is 4.79 Å². The van der Waals surface area contributed by atoms with E-state index in [1.54, 1.807) is 0 Å². The number of allylic oxidation sites excluding steroid dienone is 3. The normalized spacial score (nSPS) is 24.7. The Morgan fingerprint density at radius 1 is 1.50 bits per heavy atom. The Labute approximate surface area is 132 Å². The average Bonchev–Trinajstić information content (AvgIpc) is 2.92. The van der Waals surface area contributed by atoms with Crippen LogP contribution in [0, 0.1) is 5.92 Å². The van der Waals surface area contributed by atoms with Gasteiger partial charge in [-0.2, -0.15) is 0 Å². The highest BCUT2D eigenvalue weighted by molar-refractivity contribution is 5.72. The van der Waals surface area contributed by atoms with Gasteiger partial charge in [-0.05, 0) is 25.3 Å². The number of carbonyl (C=O) groups excluding carboxylic acids is 1. The maximum atomic E-state index is 10.8. The number of hydrogen-bond acceptors (Lipinski definition) is 4. The Kier molecular flexibility index (Phi) is 6.03. The highest BCUT2D eigenvalue weighted by Gasteiger charge is 2.32. The number of aliphatic hydroxyl groups excluding tert-OH is 1. The number of aliphatic hydroxyl groups is 2. The van der Waals surface area contributed by atoms with Crippen molar-refractivity contribution in [2.24, 2.45) is 5.92 Å². The molecule has 0 saturated heterocycles. The van der Waals surface area contributed by atoms with Crippen LogP contribution >= 0.6 is 0 Å². The van der Waals surface area contributed by atoms with E-state index >= 15 is 0 Å². The van der Waals surface area contributed by atoms with Crippen molar-refractivity contribution < 1.29 is 19.7 Å². The van der Waals surface area contributed by atoms with Crippen molar-refractivity contribution >= 4 is 5.91 Å². The molecular formula is C17H27NO4. The molecule has 0 aromatic rings. The van der Waals surface area contributed by atoms with Gasteiger partial charge in [-0.1, -0.05) is 25.0 Å². The first-order valence-electron chi connectivity index (χ1n) is 8.14. The van der Waals surface area contributed by atoms with Gasteiger partial charge in [0.25, 0.3) is 0 Å². The number of rotatable bonds is 7.